The van der Waals surface area contributed by atoms with Gasteiger partial charge in [0.2, 0.25) is 0 Å². The molecule has 2 aliphatic rings. The van der Waals surface area contributed by atoms with Crippen LogP contribution in [-0.2, 0) is 5.41 Å². The largest absolute Gasteiger partial charge is 0.310 e. The van der Waals surface area contributed by atoms with Gasteiger partial charge in [-0.15, -0.1) is 0 Å². The SMILES string of the molecule is c1ccc(-c2ccc(N(c3ccc(-c4ccccc4)cc3)c3ccc4c(c3)C(c3ccccc3)(c3ccccc3)c3ccc5c(c3-4)Sc3ccccc3[Si]5(c3ccccc3)c3ccccc3)cc2)cc1. The quantitative estimate of drug-likeness (QED) is 0.133. The number of anilines is 3. The van der Waals surface area contributed by atoms with E-state index in [1.54, 1.807) is 0 Å². The Hall–Kier alpha value is -8.21. The Kier molecular flexibility index (Phi) is 10.4. The number of rotatable bonds is 9. The Labute approximate surface area is 416 Å². The van der Waals surface area contributed by atoms with Crippen LogP contribution in [0.3, 0.4) is 0 Å². The molecular formula is C67H47NSSi. The van der Waals surface area contributed by atoms with E-state index in [2.05, 4.69) is 290 Å². The van der Waals surface area contributed by atoms with Crippen LogP contribution in [0.2, 0.25) is 0 Å². The fraction of sp³-hybridized carbons (Fsp3) is 0.0149. The molecular weight excluding hydrogens is 879 g/mol. The maximum absolute atomic E-state index is 2.85. The molecule has 1 aliphatic carbocycles. The van der Waals surface area contributed by atoms with Crippen LogP contribution in [0.4, 0.5) is 17.1 Å². The summed E-state index contributed by atoms with van der Waals surface area (Å²) < 4.78 is 0. The lowest BCUT2D eigenvalue weighted by molar-refractivity contribution is 0.767. The lowest BCUT2D eigenvalue weighted by Gasteiger charge is -2.41. The molecule has 0 spiro atoms. The van der Waals surface area contributed by atoms with E-state index in [1.165, 1.54) is 86.2 Å². The van der Waals surface area contributed by atoms with Crippen LogP contribution in [0.15, 0.2) is 295 Å². The second kappa shape index (κ2) is 17.4. The minimum Gasteiger partial charge on any atom is -0.310 e. The minimum absolute atomic E-state index is 0.626. The Bertz CT molecular complexity index is 3480. The van der Waals surface area contributed by atoms with Gasteiger partial charge in [0.15, 0.2) is 8.07 Å². The van der Waals surface area contributed by atoms with Gasteiger partial charge in [-0.3, -0.25) is 0 Å². The van der Waals surface area contributed by atoms with Crippen LogP contribution in [0.5, 0.6) is 0 Å². The van der Waals surface area contributed by atoms with Gasteiger partial charge in [-0.2, -0.15) is 0 Å². The van der Waals surface area contributed by atoms with Gasteiger partial charge in [-0.05, 0) is 113 Å². The van der Waals surface area contributed by atoms with Gasteiger partial charge >= 0.3 is 0 Å². The average molecular weight is 926 g/mol. The van der Waals surface area contributed by atoms with E-state index in [-0.39, 0.29) is 0 Å². The fourth-order valence-electron chi connectivity index (χ4n) is 11.7. The zero-order valence-corrected chi connectivity index (χ0v) is 40.3. The maximum atomic E-state index is 2.53. The number of fused-ring (bicyclic) bond motifs is 6. The number of nitrogens with zero attached hydrogens (tertiary/aromatic N) is 1. The molecule has 0 unspecified atom stereocenters. The van der Waals surface area contributed by atoms with E-state index in [9.17, 15) is 0 Å². The molecule has 0 radical (unpaired) electrons. The summed E-state index contributed by atoms with van der Waals surface area (Å²) in [5.74, 6) is 0. The highest BCUT2D eigenvalue weighted by atomic mass is 32.2. The first-order chi connectivity index (χ1) is 34.7. The van der Waals surface area contributed by atoms with Crippen molar-refractivity contribution in [2.75, 3.05) is 4.90 Å². The van der Waals surface area contributed by atoms with E-state index in [1.807, 2.05) is 11.8 Å². The Morgan fingerprint density at radius 1 is 0.329 bits per heavy atom. The fourth-order valence-corrected chi connectivity index (χ4v) is 18.8. The molecule has 0 saturated heterocycles. The van der Waals surface area contributed by atoms with Crippen molar-refractivity contribution in [2.45, 2.75) is 15.2 Å². The maximum Gasteiger partial charge on any atom is 0.181 e. The third-order valence-corrected chi connectivity index (χ3v) is 21.1. The molecule has 330 valence electrons. The van der Waals surface area contributed by atoms with Crippen molar-refractivity contribution < 1.29 is 0 Å². The minimum atomic E-state index is -2.85. The Morgan fingerprint density at radius 3 is 1.27 bits per heavy atom. The molecule has 1 heterocycles. The lowest BCUT2D eigenvalue weighted by Crippen LogP contribution is -2.76. The summed E-state index contributed by atoms with van der Waals surface area (Å²) in [7, 11) is -2.85. The van der Waals surface area contributed by atoms with Gasteiger partial charge < -0.3 is 4.90 Å². The molecule has 0 N–H and O–H groups in total. The van der Waals surface area contributed by atoms with Gasteiger partial charge in [0.1, 0.15) is 0 Å². The van der Waals surface area contributed by atoms with Gasteiger partial charge in [0.05, 0.1) is 5.41 Å². The van der Waals surface area contributed by atoms with E-state index in [4.69, 9.17) is 0 Å². The molecule has 0 saturated carbocycles. The van der Waals surface area contributed by atoms with E-state index in [0.29, 0.717) is 0 Å². The summed E-state index contributed by atoms with van der Waals surface area (Å²) in [4.78, 5) is 5.14. The average Bonchev–Trinajstić information content (AvgIpc) is 3.75. The second-order valence-electron chi connectivity index (χ2n) is 18.3. The number of hydrogen-bond donors (Lipinski definition) is 0. The number of benzene rings is 11. The smallest absolute Gasteiger partial charge is 0.181 e. The molecule has 0 bridgehead atoms. The first kappa shape index (κ1) is 41.9. The van der Waals surface area contributed by atoms with Crippen LogP contribution >= 0.6 is 11.8 Å². The molecule has 11 aromatic carbocycles. The summed E-state index contributed by atoms with van der Waals surface area (Å²) in [6.45, 7) is 0. The summed E-state index contributed by atoms with van der Waals surface area (Å²) in [6, 6.07) is 106. The lowest BCUT2D eigenvalue weighted by atomic mass is 9.67. The van der Waals surface area contributed by atoms with E-state index < -0.39 is 13.5 Å². The van der Waals surface area contributed by atoms with Crippen LogP contribution < -0.4 is 25.6 Å². The van der Waals surface area contributed by atoms with Crippen LogP contribution in [0.25, 0.3) is 33.4 Å². The van der Waals surface area contributed by atoms with Gasteiger partial charge in [0.25, 0.3) is 0 Å². The first-order valence-corrected chi connectivity index (χ1v) is 27.0. The number of hydrogen-bond acceptors (Lipinski definition) is 2. The molecule has 13 rings (SSSR count). The van der Waals surface area contributed by atoms with Crippen molar-refractivity contribution in [3.8, 4) is 33.4 Å². The summed E-state index contributed by atoms with van der Waals surface area (Å²) >= 11 is 1.96. The third kappa shape index (κ3) is 6.61. The molecule has 0 amide bonds. The van der Waals surface area contributed by atoms with Crippen molar-refractivity contribution in [1.29, 1.82) is 0 Å². The first-order valence-electron chi connectivity index (χ1n) is 24.2. The highest BCUT2D eigenvalue weighted by Crippen LogP contribution is 2.60. The molecule has 1 nitrogen and oxygen atoms in total. The molecule has 0 aromatic heterocycles. The predicted molar refractivity (Wildman–Crippen MR) is 297 cm³/mol. The summed E-state index contributed by atoms with van der Waals surface area (Å²) in [5, 5.41) is 5.68. The van der Waals surface area contributed by atoms with Gasteiger partial charge in [-0.25, -0.2) is 0 Å². The zero-order valence-electron chi connectivity index (χ0n) is 38.5. The van der Waals surface area contributed by atoms with Gasteiger partial charge in [-0.1, -0.05) is 254 Å². The van der Waals surface area contributed by atoms with Crippen molar-refractivity contribution in [1.82, 2.24) is 0 Å². The van der Waals surface area contributed by atoms with E-state index >= 15 is 0 Å². The second-order valence-corrected chi connectivity index (χ2v) is 23.1. The monoisotopic (exact) mass is 925 g/mol. The third-order valence-electron chi connectivity index (χ3n) is 14.7. The molecule has 0 atom stereocenters. The van der Waals surface area contributed by atoms with Crippen molar-refractivity contribution in [3.05, 3.63) is 307 Å². The van der Waals surface area contributed by atoms with Crippen LogP contribution in [0.1, 0.15) is 22.3 Å². The zero-order chi connectivity index (χ0) is 46.5. The van der Waals surface area contributed by atoms with Crippen molar-refractivity contribution in [3.63, 3.8) is 0 Å². The molecule has 3 heteroatoms. The van der Waals surface area contributed by atoms with Gasteiger partial charge in [0, 0.05) is 32.4 Å². The highest BCUT2D eigenvalue weighted by molar-refractivity contribution is 8.00. The molecule has 0 fully saturated rings. The molecule has 11 aromatic rings. The Morgan fingerprint density at radius 2 is 0.757 bits per heavy atom. The predicted octanol–water partition coefficient (Wildman–Crippen LogP) is 14.7. The van der Waals surface area contributed by atoms with Crippen molar-refractivity contribution >= 4 is 57.6 Å². The standard InChI is InChI=1S/C67H47NSSi/c1-7-21-48(22-8-1)50-35-39-54(40-36-50)68(55-41-37-51(38-42-55)49-23-9-2-10-24-49)56-43-44-59-61(47-56)67(52-25-11-3-12-26-52,53-27-13-4-14-28-53)60-45-46-64-66(65(59)60)69-62-33-19-20-34-63(62)70(64,57-29-15-5-16-30-57)58-31-17-6-18-32-58/h1-47H. The summed E-state index contributed by atoms with van der Waals surface area (Å²) in [6.07, 6.45) is 0. The van der Waals surface area contributed by atoms with Crippen LogP contribution in [0, 0.1) is 0 Å². The summed E-state index contributed by atoms with van der Waals surface area (Å²) in [5.41, 5.74) is 15.2. The Balaban J connectivity index is 1.09. The molecule has 1 aliphatic heterocycles. The topological polar surface area (TPSA) is 3.24 Å². The van der Waals surface area contributed by atoms with E-state index in [0.717, 1.165) is 17.1 Å². The van der Waals surface area contributed by atoms with Crippen LogP contribution in [-0.4, -0.2) is 8.07 Å². The van der Waals surface area contributed by atoms with Crippen molar-refractivity contribution in [2.24, 2.45) is 0 Å². The highest BCUT2D eigenvalue weighted by Gasteiger charge is 2.52. The molecule has 70 heavy (non-hydrogen) atoms. The normalized spacial score (nSPS) is 13.6.